The van der Waals surface area contributed by atoms with Crippen LogP contribution in [0.1, 0.15) is 41.6 Å². The third-order valence-corrected chi connectivity index (χ3v) is 10.8. The molecule has 2 unspecified atom stereocenters. The molecular formula is C29H25ClF3N3O7S. The minimum Gasteiger partial charge on any atom is -0.391 e. The van der Waals surface area contributed by atoms with Crippen LogP contribution in [0.4, 0.5) is 24.5 Å². The van der Waals surface area contributed by atoms with E-state index < -0.39 is 60.8 Å². The fourth-order valence-corrected chi connectivity index (χ4v) is 8.83. The Morgan fingerprint density at radius 2 is 1.70 bits per heavy atom. The molecule has 5 rings (SSSR count). The topological polar surface area (TPSA) is 148 Å². The van der Waals surface area contributed by atoms with E-state index >= 15 is 0 Å². The molecule has 2 aliphatic carbocycles. The van der Waals surface area contributed by atoms with Gasteiger partial charge in [0.2, 0.25) is 0 Å². The number of hydrogen-bond acceptors (Lipinski definition) is 8. The second-order valence-electron chi connectivity index (χ2n) is 10.9. The number of sulfone groups is 1. The molecule has 15 heteroatoms. The van der Waals surface area contributed by atoms with Gasteiger partial charge in [0.25, 0.3) is 11.6 Å². The Morgan fingerprint density at radius 1 is 1.09 bits per heavy atom. The quantitative estimate of drug-likeness (QED) is 0.128. The molecule has 1 amide bonds. The maximum absolute atomic E-state index is 13.9. The van der Waals surface area contributed by atoms with Gasteiger partial charge in [0.15, 0.2) is 27.3 Å². The van der Waals surface area contributed by atoms with Gasteiger partial charge < -0.3 is 15.3 Å². The molecule has 0 aliphatic heterocycles. The van der Waals surface area contributed by atoms with Crippen LogP contribution < -0.4 is 5.32 Å². The van der Waals surface area contributed by atoms with E-state index in [4.69, 9.17) is 16.4 Å². The van der Waals surface area contributed by atoms with Crippen LogP contribution in [0.5, 0.6) is 0 Å². The van der Waals surface area contributed by atoms with Crippen LogP contribution in [0.15, 0.2) is 64.6 Å². The van der Waals surface area contributed by atoms with Gasteiger partial charge in [-0.3, -0.25) is 14.9 Å². The Hall–Kier alpha value is -4.01. The number of rotatable bonds is 9. The third kappa shape index (κ3) is 6.42. The summed E-state index contributed by atoms with van der Waals surface area (Å²) in [5.74, 6) is -6.51. The highest BCUT2D eigenvalue weighted by Gasteiger charge is 2.54. The van der Waals surface area contributed by atoms with E-state index in [0.717, 1.165) is 6.07 Å². The van der Waals surface area contributed by atoms with Crippen molar-refractivity contribution in [2.45, 2.75) is 48.0 Å². The van der Waals surface area contributed by atoms with Crippen molar-refractivity contribution >= 4 is 44.9 Å². The van der Waals surface area contributed by atoms with Gasteiger partial charge in [-0.15, -0.1) is 0 Å². The monoisotopic (exact) mass is 651 g/mol. The molecule has 2 N–H and O–H groups in total. The van der Waals surface area contributed by atoms with E-state index in [-0.39, 0.29) is 46.3 Å². The van der Waals surface area contributed by atoms with Crippen LogP contribution in [-0.4, -0.2) is 41.4 Å². The zero-order chi connectivity index (χ0) is 31.8. The van der Waals surface area contributed by atoms with Crippen molar-refractivity contribution < 1.29 is 41.3 Å². The lowest BCUT2D eigenvalue weighted by Crippen LogP contribution is -2.47. The molecule has 10 nitrogen and oxygen atoms in total. The fourth-order valence-electron chi connectivity index (χ4n) is 5.98. The van der Waals surface area contributed by atoms with E-state index in [9.17, 15) is 41.6 Å². The van der Waals surface area contributed by atoms with Gasteiger partial charge in [0.1, 0.15) is 12.2 Å². The van der Waals surface area contributed by atoms with E-state index in [1.807, 2.05) is 0 Å². The SMILES string of the molecule is O=C(Nc1cc(F)c(F)c(F)c1)c1ccc(Cl)c(S(=O)(=O)C2C3CC[C@H]2C[C@](O)(/C=N/OCc2ccc([N+](=O)[O-])cc2)C3)c1. The minimum absolute atomic E-state index is 0.00188. The number of aliphatic hydroxyl groups is 1. The Labute approximate surface area is 254 Å². The van der Waals surface area contributed by atoms with E-state index in [2.05, 4.69) is 10.5 Å². The molecule has 3 aromatic carbocycles. The molecule has 3 aromatic rings. The maximum Gasteiger partial charge on any atom is 0.269 e. The first-order chi connectivity index (χ1) is 20.8. The number of amides is 1. The molecule has 2 fully saturated rings. The van der Waals surface area contributed by atoms with Crippen molar-refractivity contribution in [3.63, 3.8) is 0 Å². The first-order valence-electron chi connectivity index (χ1n) is 13.4. The van der Waals surface area contributed by atoms with Gasteiger partial charge in [0.05, 0.1) is 26.3 Å². The number of carbonyl (C=O) groups excluding carboxylic acids is 1. The Morgan fingerprint density at radius 3 is 2.30 bits per heavy atom. The maximum atomic E-state index is 13.9. The van der Waals surface area contributed by atoms with Crippen molar-refractivity contribution in [2.24, 2.45) is 17.0 Å². The van der Waals surface area contributed by atoms with Crippen molar-refractivity contribution in [1.29, 1.82) is 0 Å². The molecule has 2 aliphatic rings. The first kappa shape index (κ1) is 31.4. The number of nitrogens with zero attached hydrogens (tertiary/aromatic N) is 2. The summed E-state index contributed by atoms with van der Waals surface area (Å²) in [5.41, 5.74) is -1.40. The number of benzene rings is 3. The summed E-state index contributed by atoms with van der Waals surface area (Å²) in [7, 11) is -4.11. The number of non-ortho nitro benzene ring substituents is 1. The summed E-state index contributed by atoms with van der Waals surface area (Å²) in [5, 5.41) is 27.1. The van der Waals surface area contributed by atoms with Crippen molar-refractivity contribution in [3.05, 3.63) is 98.3 Å². The number of nitro groups is 1. The zero-order valence-corrected chi connectivity index (χ0v) is 24.3. The summed E-state index contributed by atoms with van der Waals surface area (Å²) >= 11 is 6.28. The van der Waals surface area contributed by atoms with Gasteiger partial charge >= 0.3 is 0 Å². The van der Waals surface area contributed by atoms with Gasteiger partial charge in [-0.25, -0.2) is 21.6 Å². The highest BCUT2D eigenvalue weighted by Crippen LogP contribution is 2.51. The Bertz CT molecular complexity index is 1720. The average Bonchev–Trinajstić information content (AvgIpc) is 3.27. The molecule has 232 valence electrons. The second-order valence-corrected chi connectivity index (χ2v) is 13.4. The number of carbonyl (C=O) groups is 1. The van der Waals surface area contributed by atoms with Crippen LogP contribution in [0.25, 0.3) is 0 Å². The number of nitrogens with one attached hydrogen (secondary N) is 1. The number of fused-ring (bicyclic) bond motifs is 2. The van der Waals surface area contributed by atoms with Gasteiger partial charge in [0, 0.05) is 35.5 Å². The average molecular weight is 652 g/mol. The lowest BCUT2D eigenvalue weighted by Gasteiger charge is -2.38. The smallest absolute Gasteiger partial charge is 0.269 e. The molecule has 0 spiro atoms. The van der Waals surface area contributed by atoms with Crippen LogP contribution in [0.3, 0.4) is 0 Å². The Balaban J connectivity index is 1.28. The van der Waals surface area contributed by atoms with Crippen molar-refractivity contribution in [1.82, 2.24) is 0 Å². The van der Waals surface area contributed by atoms with Gasteiger partial charge in [-0.05, 0) is 73.4 Å². The number of anilines is 1. The van der Waals surface area contributed by atoms with Crippen LogP contribution in [0, 0.1) is 39.4 Å². The molecule has 0 saturated heterocycles. The largest absolute Gasteiger partial charge is 0.391 e. The van der Waals surface area contributed by atoms with Gasteiger partial charge in [-0.2, -0.15) is 0 Å². The van der Waals surface area contributed by atoms with E-state index in [1.165, 1.54) is 42.6 Å². The van der Waals surface area contributed by atoms with Crippen molar-refractivity contribution in [2.75, 3.05) is 5.32 Å². The predicted octanol–water partition coefficient (Wildman–Crippen LogP) is 5.81. The lowest BCUT2D eigenvalue weighted by atomic mass is 9.78. The standard InChI is InChI=1S/C29H25ClF3N3O7S/c30-22-8-5-17(28(37)35-20-10-23(31)26(33)24(32)11-20)9-25(22)44(41,42)27-18-3-4-19(27)13-29(38,12-18)15-34-43-14-16-1-6-21(7-2-16)36(39)40/h1-2,5-11,15,18-19,27,38H,3-4,12-14H2,(H,35,37)/b34-15+/t18-,19?,27?,29+/m0/s1. The molecule has 0 heterocycles. The molecule has 44 heavy (non-hydrogen) atoms. The summed E-state index contributed by atoms with van der Waals surface area (Å²) in [6.07, 6.45) is 2.45. The zero-order valence-electron chi connectivity index (χ0n) is 22.8. The second kappa shape index (κ2) is 12.2. The summed E-state index contributed by atoms with van der Waals surface area (Å²) < 4.78 is 68.2. The first-order valence-corrected chi connectivity index (χ1v) is 15.3. The number of nitro benzene ring substituents is 1. The van der Waals surface area contributed by atoms with Crippen LogP contribution >= 0.6 is 11.6 Å². The highest BCUT2D eigenvalue weighted by molar-refractivity contribution is 7.92. The fraction of sp³-hybridized carbons (Fsp3) is 0.310. The third-order valence-electron chi connectivity index (χ3n) is 7.91. The molecule has 2 bridgehead atoms. The van der Waals surface area contributed by atoms with E-state index in [0.29, 0.717) is 30.5 Å². The number of oxime groups is 1. The summed E-state index contributed by atoms with van der Waals surface area (Å²) in [6.45, 7) is 0.00188. The lowest BCUT2D eigenvalue weighted by molar-refractivity contribution is -0.384. The van der Waals surface area contributed by atoms with Crippen LogP contribution in [-0.2, 0) is 21.3 Å². The number of hydrogen-bond donors (Lipinski definition) is 2. The normalized spacial score (nSPS) is 23.1. The molecule has 4 atom stereocenters. The van der Waals surface area contributed by atoms with Crippen LogP contribution in [0.2, 0.25) is 5.02 Å². The summed E-state index contributed by atoms with van der Waals surface area (Å²) in [6, 6.07) is 10.4. The molecule has 0 radical (unpaired) electrons. The molecular weight excluding hydrogens is 627 g/mol. The molecule has 2 saturated carbocycles. The Kier molecular flexibility index (Phi) is 8.69. The highest BCUT2D eigenvalue weighted by atomic mass is 35.5. The van der Waals surface area contributed by atoms with Gasteiger partial charge in [-0.1, -0.05) is 16.8 Å². The van der Waals surface area contributed by atoms with E-state index in [1.54, 1.807) is 0 Å². The number of halogens is 4. The predicted molar refractivity (Wildman–Crippen MR) is 153 cm³/mol. The summed E-state index contributed by atoms with van der Waals surface area (Å²) in [4.78, 5) is 28.0. The van der Waals surface area contributed by atoms with Crippen molar-refractivity contribution in [3.8, 4) is 0 Å². The molecule has 0 aromatic heterocycles. The minimum atomic E-state index is -4.11.